The topological polar surface area (TPSA) is 12.5 Å². The van der Waals surface area contributed by atoms with Gasteiger partial charge in [0.25, 0.3) is 0 Å². The van der Waals surface area contributed by atoms with Crippen LogP contribution in [0, 0.1) is 0 Å². The molecule has 0 aromatic rings. The van der Waals surface area contributed by atoms with Gasteiger partial charge in [0.2, 0.25) is 0 Å². The normalized spacial score (nSPS) is 12.5. The molecule has 0 saturated heterocycles. The Bertz CT molecular complexity index is 113. The zero-order chi connectivity index (χ0) is 9.61. The summed E-state index contributed by atoms with van der Waals surface area (Å²) in [4.78, 5) is 2.45. The van der Waals surface area contributed by atoms with Crippen LogP contribution in [0.2, 0.25) is 13.1 Å². The van der Waals surface area contributed by atoms with Crippen LogP contribution in [0.5, 0.6) is 0 Å². The zero-order valence-electron chi connectivity index (χ0n) is 9.18. The fourth-order valence-corrected chi connectivity index (χ4v) is 3.82. The average Bonchev–Trinajstić information content (AvgIpc) is 2.00. The van der Waals surface area contributed by atoms with Crippen molar-refractivity contribution in [1.29, 1.82) is 0 Å². The zero-order valence-corrected chi connectivity index (χ0v) is 10.2. The molecule has 0 radical (unpaired) electrons. The minimum absolute atomic E-state index is 0.862. The van der Waals surface area contributed by atoms with E-state index in [-0.39, 0.29) is 0 Å². The maximum absolute atomic E-state index is 5.76. The Morgan fingerprint density at radius 3 is 1.92 bits per heavy atom. The SMILES string of the molecule is CCO[Si](C)(C)CN(CC)CC. The van der Waals surface area contributed by atoms with E-state index in [4.69, 9.17) is 4.43 Å². The van der Waals surface area contributed by atoms with E-state index in [0.717, 1.165) is 25.9 Å². The first-order valence-corrected chi connectivity index (χ1v) is 8.03. The monoisotopic (exact) mass is 189 g/mol. The molecule has 74 valence electrons. The molecule has 2 nitrogen and oxygen atoms in total. The Morgan fingerprint density at radius 1 is 1.08 bits per heavy atom. The van der Waals surface area contributed by atoms with E-state index < -0.39 is 8.32 Å². The Morgan fingerprint density at radius 2 is 1.58 bits per heavy atom. The van der Waals surface area contributed by atoms with E-state index in [9.17, 15) is 0 Å². The molecule has 0 rings (SSSR count). The first-order valence-electron chi connectivity index (χ1n) is 4.92. The fourth-order valence-electron chi connectivity index (χ4n) is 1.42. The summed E-state index contributed by atoms with van der Waals surface area (Å²) >= 11 is 0. The molecule has 0 saturated carbocycles. The Kier molecular flexibility index (Phi) is 5.79. The predicted molar refractivity (Wildman–Crippen MR) is 56.9 cm³/mol. The van der Waals surface area contributed by atoms with Crippen LogP contribution in [0.3, 0.4) is 0 Å². The molecule has 0 spiro atoms. The lowest BCUT2D eigenvalue weighted by Crippen LogP contribution is -2.45. The molecule has 0 aromatic carbocycles. The molecule has 0 fully saturated rings. The third-order valence-corrected chi connectivity index (χ3v) is 4.31. The molecule has 12 heavy (non-hydrogen) atoms. The van der Waals surface area contributed by atoms with Crippen molar-refractivity contribution in [3.63, 3.8) is 0 Å². The minimum Gasteiger partial charge on any atom is -0.416 e. The molecule has 0 aliphatic carbocycles. The summed E-state index contributed by atoms with van der Waals surface area (Å²) in [5, 5.41) is 0. The largest absolute Gasteiger partial charge is 0.416 e. The molecule has 0 unspecified atom stereocenters. The van der Waals surface area contributed by atoms with Gasteiger partial charge in [0.05, 0.1) is 0 Å². The molecule has 0 N–H and O–H groups in total. The van der Waals surface area contributed by atoms with Crippen LogP contribution in [0.1, 0.15) is 20.8 Å². The molecule has 0 aliphatic heterocycles. The van der Waals surface area contributed by atoms with Gasteiger partial charge in [-0.3, -0.25) is 0 Å². The van der Waals surface area contributed by atoms with Crippen molar-refractivity contribution in [2.24, 2.45) is 0 Å². The second-order valence-corrected chi connectivity index (χ2v) is 7.78. The number of hydrogen-bond donors (Lipinski definition) is 0. The standard InChI is InChI=1S/C9H23NOSi/c1-6-10(7-2)9-12(4,5)11-8-3/h6-9H2,1-5H3. The van der Waals surface area contributed by atoms with Crippen molar-refractivity contribution in [1.82, 2.24) is 4.90 Å². The van der Waals surface area contributed by atoms with Gasteiger partial charge in [0.15, 0.2) is 8.32 Å². The first kappa shape index (κ1) is 12.1. The molecular formula is C9H23NOSi. The van der Waals surface area contributed by atoms with Gasteiger partial charge in [0, 0.05) is 12.8 Å². The number of hydrogen-bond acceptors (Lipinski definition) is 2. The Labute approximate surface area is 78.0 Å². The van der Waals surface area contributed by atoms with Gasteiger partial charge in [-0.25, -0.2) is 0 Å². The van der Waals surface area contributed by atoms with Crippen molar-refractivity contribution in [2.45, 2.75) is 33.9 Å². The molecule has 0 bridgehead atoms. The predicted octanol–water partition coefficient (Wildman–Crippen LogP) is 2.11. The van der Waals surface area contributed by atoms with Crippen molar-refractivity contribution < 1.29 is 4.43 Å². The number of nitrogens with zero attached hydrogens (tertiary/aromatic N) is 1. The summed E-state index contributed by atoms with van der Waals surface area (Å²) in [5.74, 6) is 0. The van der Waals surface area contributed by atoms with Gasteiger partial charge in [-0.1, -0.05) is 13.8 Å². The quantitative estimate of drug-likeness (QED) is 0.593. The molecular weight excluding hydrogens is 166 g/mol. The maximum Gasteiger partial charge on any atom is 0.200 e. The third-order valence-electron chi connectivity index (χ3n) is 2.03. The lowest BCUT2D eigenvalue weighted by atomic mass is 10.6. The first-order chi connectivity index (χ1) is 5.55. The van der Waals surface area contributed by atoms with E-state index in [1.165, 1.54) is 0 Å². The lowest BCUT2D eigenvalue weighted by Gasteiger charge is -2.29. The maximum atomic E-state index is 5.76. The van der Waals surface area contributed by atoms with Gasteiger partial charge >= 0.3 is 0 Å². The van der Waals surface area contributed by atoms with Crippen LogP contribution >= 0.6 is 0 Å². The van der Waals surface area contributed by atoms with Gasteiger partial charge < -0.3 is 9.33 Å². The molecule has 0 aliphatic rings. The second kappa shape index (κ2) is 5.73. The minimum atomic E-state index is -1.38. The van der Waals surface area contributed by atoms with E-state index in [2.05, 4.69) is 38.8 Å². The van der Waals surface area contributed by atoms with E-state index in [0.29, 0.717) is 0 Å². The second-order valence-electron chi connectivity index (χ2n) is 3.65. The summed E-state index contributed by atoms with van der Waals surface area (Å²) in [5.41, 5.74) is 0. The van der Waals surface area contributed by atoms with Crippen molar-refractivity contribution in [3.8, 4) is 0 Å². The summed E-state index contributed by atoms with van der Waals surface area (Å²) in [6, 6.07) is 0. The van der Waals surface area contributed by atoms with Crippen LogP contribution in [-0.2, 0) is 4.43 Å². The highest BCUT2D eigenvalue weighted by molar-refractivity contribution is 6.71. The van der Waals surface area contributed by atoms with Crippen molar-refractivity contribution >= 4 is 8.32 Å². The Hall–Kier alpha value is 0.137. The highest BCUT2D eigenvalue weighted by Gasteiger charge is 2.23. The van der Waals surface area contributed by atoms with Crippen LogP contribution in [0.15, 0.2) is 0 Å². The summed E-state index contributed by atoms with van der Waals surface area (Å²) in [6.07, 6.45) is 1.16. The van der Waals surface area contributed by atoms with Crippen LogP contribution < -0.4 is 0 Å². The summed E-state index contributed by atoms with van der Waals surface area (Å²) in [6.45, 7) is 14.2. The Balaban J connectivity index is 3.84. The lowest BCUT2D eigenvalue weighted by molar-refractivity contribution is 0.282. The molecule has 0 heterocycles. The van der Waals surface area contributed by atoms with Crippen LogP contribution in [0.4, 0.5) is 0 Å². The van der Waals surface area contributed by atoms with Gasteiger partial charge in [0.1, 0.15) is 0 Å². The highest BCUT2D eigenvalue weighted by Crippen LogP contribution is 2.06. The molecule has 0 aromatic heterocycles. The molecule has 0 atom stereocenters. The average molecular weight is 189 g/mol. The van der Waals surface area contributed by atoms with E-state index in [1.54, 1.807) is 0 Å². The van der Waals surface area contributed by atoms with E-state index >= 15 is 0 Å². The summed E-state index contributed by atoms with van der Waals surface area (Å²) in [7, 11) is -1.38. The van der Waals surface area contributed by atoms with Crippen LogP contribution in [-0.4, -0.2) is 39.1 Å². The highest BCUT2D eigenvalue weighted by atomic mass is 28.4. The van der Waals surface area contributed by atoms with Crippen LogP contribution in [0.25, 0.3) is 0 Å². The van der Waals surface area contributed by atoms with E-state index in [1.807, 2.05) is 0 Å². The van der Waals surface area contributed by atoms with Gasteiger partial charge in [-0.05, 0) is 33.1 Å². The number of rotatable bonds is 6. The van der Waals surface area contributed by atoms with Gasteiger partial charge in [-0.15, -0.1) is 0 Å². The third kappa shape index (κ3) is 4.90. The smallest absolute Gasteiger partial charge is 0.200 e. The van der Waals surface area contributed by atoms with Crippen molar-refractivity contribution in [3.05, 3.63) is 0 Å². The van der Waals surface area contributed by atoms with Gasteiger partial charge in [-0.2, -0.15) is 0 Å². The summed E-state index contributed by atoms with van der Waals surface area (Å²) < 4.78 is 5.76. The molecule has 0 amide bonds. The molecule has 3 heteroatoms. The fraction of sp³-hybridized carbons (Fsp3) is 1.00. The van der Waals surface area contributed by atoms with Crippen molar-refractivity contribution in [2.75, 3.05) is 25.9 Å².